The van der Waals surface area contributed by atoms with Gasteiger partial charge in [-0.25, -0.2) is 9.78 Å². The number of fused-ring (bicyclic) bond motifs is 1. The van der Waals surface area contributed by atoms with Crippen molar-refractivity contribution in [1.82, 2.24) is 9.55 Å². The minimum Gasteiger partial charge on any atom is -0.478 e. The van der Waals surface area contributed by atoms with Gasteiger partial charge >= 0.3 is 5.97 Å². The molecule has 6 nitrogen and oxygen atoms in total. The van der Waals surface area contributed by atoms with Crippen LogP contribution in [-0.4, -0.2) is 20.6 Å². The maximum absolute atomic E-state index is 12.4. The van der Waals surface area contributed by atoms with Crippen molar-refractivity contribution in [3.63, 3.8) is 0 Å². The molecule has 2 aromatic carbocycles. The smallest absolute Gasteiger partial charge is 0.337 e. The number of benzene rings is 2. The molecule has 0 aliphatic heterocycles. The summed E-state index contributed by atoms with van der Waals surface area (Å²) >= 11 is 6.15. The van der Waals surface area contributed by atoms with E-state index in [0.29, 0.717) is 34.0 Å². The molecule has 0 bridgehead atoms. The molecule has 1 aromatic heterocycles. The topological polar surface area (TPSA) is 84.2 Å². The van der Waals surface area contributed by atoms with Crippen molar-refractivity contribution in [3.05, 3.63) is 68.7 Å². The second kappa shape index (κ2) is 6.57. The number of aryl methyl sites for hydroxylation is 1. The molecule has 0 spiro atoms. The third kappa shape index (κ3) is 3.21. The number of anilines is 1. The van der Waals surface area contributed by atoms with Crippen LogP contribution in [0.25, 0.3) is 10.9 Å². The van der Waals surface area contributed by atoms with Crippen LogP contribution in [0.3, 0.4) is 0 Å². The Morgan fingerprint density at radius 1 is 1.32 bits per heavy atom. The van der Waals surface area contributed by atoms with Crippen molar-refractivity contribution in [3.8, 4) is 0 Å². The highest BCUT2D eigenvalue weighted by molar-refractivity contribution is 6.31. The maximum atomic E-state index is 12.4. The number of aromatic carboxylic acids is 1. The van der Waals surface area contributed by atoms with Crippen LogP contribution in [0.5, 0.6) is 0 Å². The quantitative estimate of drug-likeness (QED) is 0.749. The van der Waals surface area contributed by atoms with E-state index in [9.17, 15) is 14.7 Å². The van der Waals surface area contributed by atoms with Gasteiger partial charge in [-0.15, -0.1) is 0 Å². The zero-order chi connectivity index (χ0) is 18.1. The summed E-state index contributed by atoms with van der Waals surface area (Å²) in [5, 5.41) is 13.2. The van der Waals surface area contributed by atoms with Gasteiger partial charge in [-0.3, -0.25) is 9.36 Å². The number of nitrogens with zero attached hydrogens (tertiary/aromatic N) is 2. The molecule has 25 heavy (non-hydrogen) atoms. The molecule has 0 aliphatic rings. The summed E-state index contributed by atoms with van der Waals surface area (Å²) in [6.07, 6.45) is 0. The summed E-state index contributed by atoms with van der Waals surface area (Å²) in [6, 6.07) is 9.96. The molecule has 3 aromatic rings. The first-order valence-corrected chi connectivity index (χ1v) is 7.98. The summed E-state index contributed by atoms with van der Waals surface area (Å²) < 4.78 is 1.47. The Bertz CT molecular complexity index is 1040. The number of carboxylic acid groups (broad SMARTS) is 1. The first-order valence-electron chi connectivity index (χ1n) is 7.60. The number of carbonyl (C=O) groups is 1. The van der Waals surface area contributed by atoms with Crippen LogP contribution in [0.4, 0.5) is 5.69 Å². The Hall–Kier alpha value is -2.86. The average molecular weight is 358 g/mol. The third-order valence-electron chi connectivity index (χ3n) is 4.07. The molecule has 128 valence electrons. The Morgan fingerprint density at radius 3 is 2.76 bits per heavy atom. The van der Waals surface area contributed by atoms with Gasteiger partial charge in [0.25, 0.3) is 5.56 Å². The van der Waals surface area contributed by atoms with Gasteiger partial charge in [0.1, 0.15) is 5.82 Å². The zero-order valence-corrected chi connectivity index (χ0v) is 14.5. The Balaban J connectivity index is 2.06. The van der Waals surface area contributed by atoms with Crippen molar-refractivity contribution in [2.75, 3.05) is 5.32 Å². The number of halogens is 1. The van der Waals surface area contributed by atoms with Gasteiger partial charge in [-0.1, -0.05) is 23.7 Å². The lowest BCUT2D eigenvalue weighted by atomic mass is 10.1. The van der Waals surface area contributed by atoms with Gasteiger partial charge in [0.05, 0.1) is 16.5 Å². The van der Waals surface area contributed by atoms with Gasteiger partial charge in [0, 0.05) is 24.3 Å². The molecular formula is C18H16ClN3O3. The van der Waals surface area contributed by atoms with Gasteiger partial charge in [-0.2, -0.15) is 0 Å². The fraction of sp³-hybridized carbons (Fsp3) is 0.167. The van der Waals surface area contributed by atoms with Crippen LogP contribution in [0, 0.1) is 6.92 Å². The van der Waals surface area contributed by atoms with Crippen LogP contribution in [0.2, 0.25) is 5.02 Å². The van der Waals surface area contributed by atoms with Crippen LogP contribution < -0.4 is 10.9 Å². The molecule has 0 saturated heterocycles. The Morgan fingerprint density at radius 2 is 2.04 bits per heavy atom. The minimum absolute atomic E-state index is 0.169. The van der Waals surface area contributed by atoms with E-state index in [0.717, 1.165) is 5.56 Å². The number of carboxylic acids is 1. The molecule has 0 saturated carbocycles. The number of hydrogen-bond acceptors (Lipinski definition) is 4. The molecule has 3 rings (SSSR count). The van der Waals surface area contributed by atoms with Crippen molar-refractivity contribution in [1.29, 1.82) is 0 Å². The lowest BCUT2D eigenvalue weighted by Crippen LogP contribution is -2.21. The van der Waals surface area contributed by atoms with Crippen molar-refractivity contribution in [2.24, 2.45) is 7.05 Å². The van der Waals surface area contributed by atoms with Crippen LogP contribution in [0.15, 0.2) is 41.2 Å². The molecule has 0 unspecified atom stereocenters. The minimum atomic E-state index is -1.01. The van der Waals surface area contributed by atoms with Gasteiger partial charge in [0.15, 0.2) is 0 Å². The van der Waals surface area contributed by atoms with Crippen LogP contribution >= 0.6 is 11.6 Å². The molecule has 7 heteroatoms. The van der Waals surface area contributed by atoms with Crippen molar-refractivity contribution < 1.29 is 9.90 Å². The lowest BCUT2D eigenvalue weighted by molar-refractivity contribution is 0.0698. The number of hydrogen-bond donors (Lipinski definition) is 2. The summed E-state index contributed by atoms with van der Waals surface area (Å²) in [5.41, 5.74) is 1.78. The van der Waals surface area contributed by atoms with E-state index in [-0.39, 0.29) is 11.1 Å². The second-order valence-corrected chi connectivity index (χ2v) is 6.12. The van der Waals surface area contributed by atoms with E-state index in [1.807, 2.05) is 0 Å². The highest BCUT2D eigenvalue weighted by Crippen LogP contribution is 2.23. The third-order valence-corrected chi connectivity index (χ3v) is 4.29. The fourth-order valence-corrected chi connectivity index (χ4v) is 2.90. The first kappa shape index (κ1) is 17.0. The average Bonchev–Trinajstić information content (AvgIpc) is 2.59. The summed E-state index contributed by atoms with van der Waals surface area (Å²) in [4.78, 5) is 28.2. The molecule has 1 heterocycles. The number of nitrogens with one attached hydrogen (secondary N) is 1. The van der Waals surface area contributed by atoms with E-state index in [2.05, 4.69) is 10.3 Å². The molecule has 0 amide bonds. The predicted molar refractivity (Wildman–Crippen MR) is 97.5 cm³/mol. The van der Waals surface area contributed by atoms with Crippen LogP contribution in [-0.2, 0) is 13.6 Å². The largest absolute Gasteiger partial charge is 0.478 e. The molecule has 0 fully saturated rings. The molecule has 0 aliphatic carbocycles. The van der Waals surface area contributed by atoms with E-state index in [1.54, 1.807) is 44.3 Å². The van der Waals surface area contributed by atoms with Crippen molar-refractivity contribution >= 4 is 34.2 Å². The second-order valence-electron chi connectivity index (χ2n) is 5.69. The lowest BCUT2D eigenvalue weighted by Gasteiger charge is -2.13. The molecular weight excluding hydrogens is 342 g/mol. The normalized spacial score (nSPS) is 10.8. The van der Waals surface area contributed by atoms with E-state index in [1.165, 1.54) is 10.6 Å². The number of rotatable bonds is 4. The number of aromatic nitrogens is 2. The Labute approximate surface area is 148 Å². The summed E-state index contributed by atoms with van der Waals surface area (Å²) in [5.74, 6) is -0.422. The molecule has 0 atom stereocenters. The zero-order valence-electron chi connectivity index (χ0n) is 13.7. The maximum Gasteiger partial charge on any atom is 0.337 e. The highest BCUT2D eigenvalue weighted by atomic mass is 35.5. The summed E-state index contributed by atoms with van der Waals surface area (Å²) in [7, 11) is 1.66. The molecule has 2 N–H and O–H groups in total. The monoisotopic (exact) mass is 357 g/mol. The van der Waals surface area contributed by atoms with Crippen molar-refractivity contribution in [2.45, 2.75) is 13.5 Å². The Kier molecular flexibility index (Phi) is 4.46. The van der Waals surface area contributed by atoms with Gasteiger partial charge in [0.2, 0.25) is 0 Å². The van der Waals surface area contributed by atoms with Gasteiger partial charge in [-0.05, 0) is 36.8 Å². The summed E-state index contributed by atoms with van der Waals surface area (Å²) in [6.45, 7) is 2.05. The predicted octanol–water partition coefficient (Wildman–Crippen LogP) is 3.21. The first-order chi connectivity index (χ1) is 11.9. The van der Waals surface area contributed by atoms with E-state index >= 15 is 0 Å². The van der Waals surface area contributed by atoms with Crippen LogP contribution in [0.1, 0.15) is 21.7 Å². The van der Waals surface area contributed by atoms with E-state index in [4.69, 9.17) is 11.6 Å². The SMILES string of the molecule is Cc1nc2c(CNc3ccccc3C(=O)O)cc(Cl)cc2c(=O)n1C. The molecule has 0 radical (unpaired) electrons. The number of para-hydroxylation sites is 1. The van der Waals surface area contributed by atoms with Gasteiger partial charge < -0.3 is 10.4 Å². The fourth-order valence-electron chi connectivity index (χ4n) is 2.66. The van der Waals surface area contributed by atoms with E-state index < -0.39 is 5.97 Å². The highest BCUT2D eigenvalue weighted by Gasteiger charge is 2.13. The standard InChI is InChI=1S/C18H16ClN3O3/c1-10-21-16-11(7-12(19)8-14(16)17(23)22(10)2)9-20-15-6-4-3-5-13(15)18(24)25/h3-8,20H,9H2,1-2H3,(H,24,25).